The Balaban J connectivity index is 1.53. The third-order valence-electron chi connectivity index (χ3n) is 6.61. The van der Waals surface area contributed by atoms with Crippen LogP contribution in [0, 0.1) is 11.3 Å². The predicted molar refractivity (Wildman–Crippen MR) is 131 cm³/mol. The van der Waals surface area contributed by atoms with Gasteiger partial charge in [0.25, 0.3) is 0 Å². The second-order valence-electron chi connectivity index (χ2n) is 10.5. The van der Waals surface area contributed by atoms with Crippen molar-refractivity contribution >= 4 is 5.71 Å². The number of nitrogens with zero attached hydrogens (tertiary/aromatic N) is 3. The number of aliphatic imine (C=N–C) groups is 1. The molecule has 0 aromatic heterocycles. The van der Waals surface area contributed by atoms with Gasteiger partial charge < -0.3 is 19.3 Å². The molecule has 0 radical (unpaired) electrons. The molecule has 2 rings (SSSR count). The van der Waals surface area contributed by atoms with Crippen molar-refractivity contribution in [1.29, 1.82) is 0 Å². The summed E-state index contributed by atoms with van der Waals surface area (Å²) in [5, 5.41) is 10.5. The summed E-state index contributed by atoms with van der Waals surface area (Å²) in [5.74, 6) is 0.676. The fourth-order valence-corrected chi connectivity index (χ4v) is 4.07. The summed E-state index contributed by atoms with van der Waals surface area (Å²) in [7, 11) is 0. The van der Waals surface area contributed by atoms with E-state index in [1.807, 2.05) is 0 Å². The first-order valence-corrected chi connectivity index (χ1v) is 12.7. The van der Waals surface area contributed by atoms with Crippen LogP contribution in [-0.2, 0) is 14.2 Å². The van der Waals surface area contributed by atoms with Gasteiger partial charge in [0.15, 0.2) is 0 Å². The Morgan fingerprint density at radius 3 is 2.50 bits per heavy atom. The summed E-state index contributed by atoms with van der Waals surface area (Å²) < 4.78 is 16.8. The molecular weight excluding hydrogens is 406 g/mol. The molecule has 0 bridgehead atoms. The molecule has 0 amide bonds. The molecule has 0 aromatic rings. The van der Waals surface area contributed by atoms with Crippen LogP contribution in [0.25, 0.3) is 0 Å². The van der Waals surface area contributed by atoms with E-state index in [4.69, 9.17) is 19.2 Å². The van der Waals surface area contributed by atoms with Gasteiger partial charge in [0, 0.05) is 51.6 Å². The van der Waals surface area contributed by atoms with Gasteiger partial charge in [-0.1, -0.05) is 27.7 Å². The van der Waals surface area contributed by atoms with E-state index in [1.54, 1.807) is 0 Å². The van der Waals surface area contributed by atoms with Gasteiger partial charge in [-0.05, 0) is 37.5 Å². The molecule has 2 aliphatic heterocycles. The number of aliphatic hydroxyl groups excluding tert-OH is 1. The van der Waals surface area contributed by atoms with Crippen molar-refractivity contribution in [1.82, 2.24) is 9.80 Å². The van der Waals surface area contributed by atoms with Gasteiger partial charge >= 0.3 is 0 Å². The molecule has 0 spiro atoms. The Bertz CT molecular complexity index is 533. The van der Waals surface area contributed by atoms with Crippen molar-refractivity contribution in [2.75, 3.05) is 78.8 Å². The van der Waals surface area contributed by atoms with Crippen molar-refractivity contribution in [3.63, 3.8) is 0 Å². The topological polar surface area (TPSA) is 70.1 Å². The summed E-state index contributed by atoms with van der Waals surface area (Å²) in [6, 6.07) is 0. The zero-order valence-electron chi connectivity index (χ0n) is 21.4. The maximum Gasteiger partial charge on any atom is 0.104 e. The molecule has 7 heteroatoms. The molecule has 2 fully saturated rings. The van der Waals surface area contributed by atoms with E-state index in [-0.39, 0.29) is 5.41 Å². The van der Waals surface area contributed by atoms with E-state index < -0.39 is 6.10 Å². The third kappa shape index (κ3) is 12.1. The molecule has 3 unspecified atom stereocenters. The molecule has 2 heterocycles. The Morgan fingerprint density at radius 1 is 1.19 bits per heavy atom. The van der Waals surface area contributed by atoms with Gasteiger partial charge in [-0.25, -0.2) is 0 Å². The lowest BCUT2D eigenvalue weighted by atomic mass is 9.85. The van der Waals surface area contributed by atoms with Crippen molar-refractivity contribution in [2.24, 2.45) is 16.3 Å². The average Bonchev–Trinajstić information content (AvgIpc) is 3.56. The fourth-order valence-electron chi connectivity index (χ4n) is 4.07. The van der Waals surface area contributed by atoms with Crippen LogP contribution in [0.3, 0.4) is 0 Å². The Hall–Kier alpha value is -0.570. The Labute approximate surface area is 196 Å². The van der Waals surface area contributed by atoms with Gasteiger partial charge in [-0.2, -0.15) is 0 Å². The summed E-state index contributed by atoms with van der Waals surface area (Å²) in [4.78, 5) is 9.55. The molecule has 188 valence electrons. The molecule has 32 heavy (non-hydrogen) atoms. The SMILES string of the molecule is CCC(C)(CCOCC1CO1)COCC(O)CN1CCN(CC/N=C(\C)CC(C)C)CC1. The zero-order chi connectivity index (χ0) is 23.4. The minimum atomic E-state index is -0.436. The van der Waals surface area contributed by atoms with Gasteiger partial charge in [-0.15, -0.1) is 0 Å². The van der Waals surface area contributed by atoms with Crippen LogP contribution in [0.15, 0.2) is 4.99 Å². The van der Waals surface area contributed by atoms with Crippen LogP contribution in [0.1, 0.15) is 53.9 Å². The lowest BCUT2D eigenvalue weighted by Gasteiger charge is -2.35. The first-order chi connectivity index (χ1) is 15.3. The summed E-state index contributed by atoms with van der Waals surface area (Å²) in [6.07, 6.45) is 2.98. The number of aliphatic hydroxyl groups is 1. The first-order valence-electron chi connectivity index (χ1n) is 12.7. The van der Waals surface area contributed by atoms with Crippen LogP contribution in [0.4, 0.5) is 0 Å². The smallest absolute Gasteiger partial charge is 0.104 e. The number of hydrogen-bond donors (Lipinski definition) is 1. The molecule has 1 N–H and O–H groups in total. The second-order valence-corrected chi connectivity index (χ2v) is 10.5. The quantitative estimate of drug-likeness (QED) is 0.207. The summed E-state index contributed by atoms with van der Waals surface area (Å²) >= 11 is 0. The number of β-amino-alcohol motifs (C(OH)–C–C–N with tert-alkyl or cyclic N) is 1. The number of epoxide rings is 1. The van der Waals surface area contributed by atoms with E-state index in [9.17, 15) is 5.11 Å². The molecule has 3 atom stereocenters. The van der Waals surface area contributed by atoms with E-state index in [0.29, 0.717) is 38.4 Å². The number of ether oxygens (including phenoxy) is 3. The van der Waals surface area contributed by atoms with Gasteiger partial charge in [-0.3, -0.25) is 14.8 Å². The maximum atomic E-state index is 10.5. The van der Waals surface area contributed by atoms with E-state index in [0.717, 1.165) is 71.7 Å². The molecule has 0 saturated carbocycles. The number of rotatable bonds is 17. The van der Waals surface area contributed by atoms with Crippen molar-refractivity contribution in [2.45, 2.75) is 66.1 Å². The maximum absolute atomic E-state index is 10.5. The Kier molecular flexibility index (Phi) is 12.7. The van der Waals surface area contributed by atoms with Crippen LogP contribution in [-0.4, -0.2) is 112 Å². The predicted octanol–water partition coefficient (Wildman–Crippen LogP) is 2.71. The lowest BCUT2D eigenvalue weighted by Crippen LogP contribution is -2.49. The van der Waals surface area contributed by atoms with Gasteiger partial charge in [0.2, 0.25) is 0 Å². The van der Waals surface area contributed by atoms with E-state index >= 15 is 0 Å². The summed E-state index contributed by atoms with van der Waals surface area (Å²) in [5.41, 5.74) is 1.35. The lowest BCUT2D eigenvalue weighted by molar-refractivity contribution is -0.0289. The van der Waals surface area contributed by atoms with Crippen molar-refractivity contribution < 1.29 is 19.3 Å². The molecule has 0 aliphatic carbocycles. The molecule has 0 aromatic carbocycles. The van der Waals surface area contributed by atoms with Gasteiger partial charge in [0.1, 0.15) is 6.10 Å². The van der Waals surface area contributed by atoms with Crippen molar-refractivity contribution in [3.05, 3.63) is 0 Å². The van der Waals surface area contributed by atoms with Crippen molar-refractivity contribution in [3.8, 4) is 0 Å². The highest BCUT2D eigenvalue weighted by atomic mass is 16.6. The molecular formula is C25H49N3O4. The van der Waals surface area contributed by atoms with Crippen LogP contribution in [0.5, 0.6) is 0 Å². The largest absolute Gasteiger partial charge is 0.389 e. The molecule has 2 aliphatic rings. The highest BCUT2D eigenvalue weighted by Gasteiger charge is 2.26. The van der Waals surface area contributed by atoms with E-state index in [1.165, 1.54) is 5.71 Å². The molecule has 7 nitrogen and oxygen atoms in total. The standard InChI is InChI=1S/C25H49N3O4/c1-6-25(5,7-14-30-18-24-19-32-24)20-31-17-23(29)16-28-12-10-27(11-13-28)9-8-26-22(4)15-21(2)3/h21,23-24,29H,6-20H2,1-5H3/b26-22+. The highest BCUT2D eigenvalue weighted by Crippen LogP contribution is 2.26. The van der Waals surface area contributed by atoms with Crippen LogP contribution < -0.4 is 0 Å². The second kappa shape index (κ2) is 14.6. The first kappa shape index (κ1) is 27.7. The number of hydrogen-bond acceptors (Lipinski definition) is 7. The highest BCUT2D eigenvalue weighted by molar-refractivity contribution is 5.82. The third-order valence-corrected chi connectivity index (χ3v) is 6.61. The summed E-state index contributed by atoms with van der Waals surface area (Å²) in [6.45, 7) is 21.1. The zero-order valence-corrected chi connectivity index (χ0v) is 21.4. The minimum absolute atomic E-state index is 0.0890. The minimum Gasteiger partial charge on any atom is -0.389 e. The molecule has 2 saturated heterocycles. The van der Waals surface area contributed by atoms with Gasteiger partial charge in [0.05, 0.1) is 39.1 Å². The monoisotopic (exact) mass is 455 g/mol. The average molecular weight is 456 g/mol. The van der Waals surface area contributed by atoms with E-state index in [2.05, 4.69) is 44.4 Å². The Morgan fingerprint density at radius 2 is 1.88 bits per heavy atom. The van der Waals surface area contributed by atoms with Crippen LogP contribution in [0.2, 0.25) is 0 Å². The number of piperazine rings is 1. The fraction of sp³-hybridized carbons (Fsp3) is 0.960. The van der Waals surface area contributed by atoms with Crippen LogP contribution >= 0.6 is 0 Å². The normalized spacial score (nSPS) is 23.5.